The maximum atomic E-state index is 12.7. The van der Waals surface area contributed by atoms with Crippen LogP contribution in [0, 0.1) is 0 Å². The third-order valence-electron chi connectivity index (χ3n) is 6.09. The molecule has 168 valence electrons. The first-order valence-corrected chi connectivity index (χ1v) is 11.0. The zero-order valence-corrected chi connectivity index (χ0v) is 19.0. The van der Waals surface area contributed by atoms with Crippen LogP contribution in [0.25, 0.3) is 16.8 Å². The zero-order chi connectivity index (χ0) is 22.9. The fraction of sp³-hybridized carbons (Fsp3) is 0.231. The maximum Gasteiger partial charge on any atom is 0.321 e. The van der Waals surface area contributed by atoms with Crippen LogP contribution in [-0.4, -0.2) is 54.6 Å². The number of carbonyl (C=O) groups excluding carboxylic acids is 1. The van der Waals surface area contributed by atoms with Crippen LogP contribution in [0.15, 0.2) is 72.9 Å². The number of fused-ring (bicyclic) bond motifs is 1. The summed E-state index contributed by atoms with van der Waals surface area (Å²) < 4.78 is 7.53. The van der Waals surface area contributed by atoms with Gasteiger partial charge in [-0.3, -0.25) is 0 Å². The standard InChI is InChI=1S/C26H27N5O2/c1-29(2)21-12-10-20(11-13-21)27-26(32)30-16-19(17-30)25-28-24(23-9-4-5-14-31(23)25)18-7-6-8-22(15-18)33-3/h4-15,19H,16-17H2,1-3H3,(H,27,32). The van der Waals surface area contributed by atoms with E-state index in [0.717, 1.165) is 39.7 Å². The molecule has 0 unspecified atom stereocenters. The summed E-state index contributed by atoms with van der Waals surface area (Å²) in [5.41, 5.74) is 4.87. The Kier molecular flexibility index (Phi) is 5.38. The van der Waals surface area contributed by atoms with Gasteiger partial charge < -0.3 is 24.3 Å². The predicted octanol–water partition coefficient (Wildman–Crippen LogP) is 4.71. The van der Waals surface area contributed by atoms with Crippen LogP contribution in [0.3, 0.4) is 0 Å². The summed E-state index contributed by atoms with van der Waals surface area (Å²) in [4.78, 5) is 21.6. The molecule has 0 atom stereocenters. The first-order chi connectivity index (χ1) is 16.0. The van der Waals surface area contributed by atoms with Crippen molar-refractivity contribution in [3.63, 3.8) is 0 Å². The first kappa shape index (κ1) is 20.9. The van der Waals surface area contributed by atoms with Gasteiger partial charge in [-0.2, -0.15) is 0 Å². The van der Waals surface area contributed by atoms with E-state index < -0.39 is 0 Å². The quantitative estimate of drug-likeness (QED) is 0.487. The number of imidazole rings is 1. The van der Waals surface area contributed by atoms with Crippen molar-refractivity contribution in [2.45, 2.75) is 5.92 Å². The van der Waals surface area contributed by atoms with E-state index >= 15 is 0 Å². The molecule has 3 heterocycles. The average Bonchev–Trinajstić information content (AvgIpc) is 3.18. The molecule has 2 amide bonds. The highest BCUT2D eigenvalue weighted by Gasteiger charge is 2.35. The molecule has 0 spiro atoms. The number of nitrogens with one attached hydrogen (secondary N) is 1. The number of amides is 2. The van der Waals surface area contributed by atoms with Crippen LogP contribution in [0.1, 0.15) is 11.7 Å². The molecule has 0 aliphatic carbocycles. The average molecular weight is 442 g/mol. The number of carbonyl (C=O) groups is 1. The van der Waals surface area contributed by atoms with Gasteiger partial charge in [-0.1, -0.05) is 18.2 Å². The van der Waals surface area contributed by atoms with Crippen molar-refractivity contribution in [1.29, 1.82) is 0 Å². The minimum atomic E-state index is -0.0854. The Bertz CT molecular complexity index is 1290. The van der Waals surface area contributed by atoms with E-state index in [4.69, 9.17) is 9.72 Å². The number of hydrogen-bond donors (Lipinski definition) is 1. The van der Waals surface area contributed by atoms with Crippen LogP contribution in [0.4, 0.5) is 16.2 Å². The van der Waals surface area contributed by atoms with E-state index in [-0.39, 0.29) is 11.9 Å². The Hall–Kier alpha value is -4.00. The SMILES string of the molecule is COc1cccc(-c2nc(C3CN(C(=O)Nc4ccc(N(C)C)cc4)C3)n3ccccc23)c1. The molecule has 7 heteroatoms. The van der Waals surface area contributed by atoms with E-state index in [2.05, 4.69) is 15.8 Å². The Morgan fingerprint density at radius 2 is 1.85 bits per heavy atom. The third kappa shape index (κ3) is 3.98. The molecule has 1 N–H and O–H groups in total. The van der Waals surface area contributed by atoms with Crippen molar-refractivity contribution in [2.24, 2.45) is 0 Å². The van der Waals surface area contributed by atoms with Gasteiger partial charge in [0.1, 0.15) is 11.6 Å². The summed E-state index contributed by atoms with van der Waals surface area (Å²) >= 11 is 0. The van der Waals surface area contributed by atoms with Gasteiger partial charge in [0.2, 0.25) is 0 Å². The number of likely N-dealkylation sites (tertiary alicyclic amines) is 1. The fourth-order valence-electron chi connectivity index (χ4n) is 4.19. The van der Waals surface area contributed by atoms with Crippen LogP contribution >= 0.6 is 0 Å². The minimum Gasteiger partial charge on any atom is -0.497 e. The van der Waals surface area contributed by atoms with E-state index in [9.17, 15) is 4.79 Å². The minimum absolute atomic E-state index is 0.0854. The van der Waals surface area contributed by atoms with Crippen molar-refractivity contribution in [1.82, 2.24) is 14.3 Å². The second-order valence-electron chi connectivity index (χ2n) is 8.48. The normalized spacial score (nSPS) is 13.6. The lowest BCUT2D eigenvalue weighted by Gasteiger charge is -2.38. The monoisotopic (exact) mass is 441 g/mol. The van der Waals surface area contributed by atoms with Gasteiger partial charge in [-0.05, 0) is 48.5 Å². The Morgan fingerprint density at radius 3 is 2.58 bits per heavy atom. The summed E-state index contributed by atoms with van der Waals surface area (Å²) in [7, 11) is 5.65. The number of nitrogens with zero attached hydrogens (tertiary/aromatic N) is 4. The van der Waals surface area contributed by atoms with Crippen LogP contribution in [0.2, 0.25) is 0 Å². The zero-order valence-electron chi connectivity index (χ0n) is 19.0. The predicted molar refractivity (Wildman–Crippen MR) is 131 cm³/mol. The van der Waals surface area contributed by atoms with Gasteiger partial charge in [-0.25, -0.2) is 9.78 Å². The van der Waals surface area contributed by atoms with Gasteiger partial charge >= 0.3 is 6.03 Å². The number of hydrogen-bond acceptors (Lipinski definition) is 4. The van der Waals surface area contributed by atoms with Crippen LogP contribution < -0.4 is 15.0 Å². The number of ether oxygens (including phenoxy) is 1. The first-order valence-electron chi connectivity index (χ1n) is 11.0. The smallest absolute Gasteiger partial charge is 0.321 e. The molecule has 4 aromatic rings. The number of anilines is 2. The molecule has 1 fully saturated rings. The van der Waals surface area contributed by atoms with Crippen molar-refractivity contribution >= 4 is 22.9 Å². The molecular formula is C26H27N5O2. The van der Waals surface area contributed by atoms with Crippen molar-refractivity contribution in [3.8, 4) is 17.0 Å². The Balaban J connectivity index is 1.32. The molecule has 2 aromatic carbocycles. The van der Waals surface area contributed by atoms with Gasteiger partial charge in [-0.15, -0.1) is 0 Å². The molecule has 7 nitrogen and oxygen atoms in total. The summed E-state index contributed by atoms with van der Waals surface area (Å²) in [5.74, 6) is 1.96. The lowest BCUT2D eigenvalue weighted by molar-refractivity contribution is 0.160. The highest BCUT2D eigenvalue weighted by Crippen LogP contribution is 2.33. The van der Waals surface area contributed by atoms with E-state index in [1.54, 1.807) is 7.11 Å². The molecular weight excluding hydrogens is 414 g/mol. The molecule has 1 aliphatic heterocycles. The number of pyridine rings is 1. The van der Waals surface area contributed by atoms with Crippen molar-refractivity contribution in [3.05, 3.63) is 78.8 Å². The lowest BCUT2D eigenvalue weighted by Crippen LogP contribution is -2.50. The van der Waals surface area contributed by atoms with Crippen LogP contribution in [0.5, 0.6) is 5.75 Å². The molecule has 0 radical (unpaired) electrons. The van der Waals surface area contributed by atoms with E-state index in [0.29, 0.717) is 13.1 Å². The third-order valence-corrected chi connectivity index (χ3v) is 6.09. The molecule has 33 heavy (non-hydrogen) atoms. The molecule has 2 aromatic heterocycles. The number of benzene rings is 2. The summed E-state index contributed by atoms with van der Waals surface area (Å²) in [6.45, 7) is 1.26. The molecule has 0 bridgehead atoms. The Morgan fingerprint density at radius 1 is 1.06 bits per heavy atom. The molecule has 5 rings (SSSR count). The Labute approximate surface area is 193 Å². The van der Waals surface area contributed by atoms with Gasteiger partial charge in [0, 0.05) is 50.3 Å². The number of urea groups is 1. The summed E-state index contributed by atoms with van der Waals surface area (Å²) in [6.07, 6.45) is 2.04. The second-order valence-corrected chi connectivity index (χ2v) is 8.48. The largest absolute Gasteiger partial charge is 0.497 e. The number of rotatable bonds is 5. The van der Waals surface area contributed by atoms with Crippen molar-refractivity contribution in [2.75, 3.05) is 44.5 Å². The highest BCUT2D eigenvalue weighted by atomic mass is 16.5. The molecule has 1 saturated heterocycles. The van der Waals surface area contributed by atoms with Crippen LogP contribution in [-0.2, 0) is 0 Å². The highest BCUT2D eigenvalue weighted by molar-refractivity contribution is 5.90. The fourth-order valence-corrected chi connectivity index (χ4v) is 4.19. The topological polar surface area (TPSA) is 62.1 Å². The number of aromatic nitrogens is 2. The van der Waals surface area contributed by atoms with Gasteiger partial charge in [0.15, 0.2) is 0 Å². The second kappa shape index (κ2) is 8.50. The lowest BCUT2D eigenvalue weighted by atomic mass is 10.00. The van der Waals surface area contributed by atoms with Gasteiger partial charge in [0.25, 0.3) is 0 Å². The molecule has 1 aliphatic rings. The van der Waals surface area contributed by atoms with Crippen molar-refractivity contribution < 1.29 is 9.53 Å². The van der Waals surface area contributed by atoms with E-state index in [1.807, 2.05) is 90.8 Å². The van der Waals surface area contributed by atoms with Gasteiger partial charge in [0.05, 0.1) is 24.2 Å². The molecule has 0 saturated carbocycles. The number of methoxy groups -OCH3 is 1. The summed E-state index contributed by atoms with van der Waals surface area (Å²) in [6, 6.07) is 21.8. The van der Waals surface area contributed by atoms with E-state index in [1.165, 1.54) is 0 Å². The maximum absolute atomic E-state index is 12.7. The summed E-state index contributed by atoms with van der Waals surface area (Å²) in [5, 5.41) is 2.99.